The smallest absolute Gasteiger partial charge is 0.319 e. The van der Waals surface area contributed by atoms with Crippen molar-refractivity contribution >= 4 is 16.7 Å². The average Bonchev–Trinajstić information content (AvgIpc) is 3.41. The van der Waals surface area contributed by atoms with Gasteiger partial charge in [-0.15, -0.1) is 0 Å². The first kappa shape index (κ1) is 27.9. The number of benzene rings is 1. The van der Waals surface area contributed by atoms with E-state index in [1.165, 1.54) is 0 Å². The van der Waals surface area contributed by atoms with Gasteiger partial charge in [0, 0.05) is 25.3 Å². The summed E-state index contributed by atoms with van der Waals surface area (Å²) in [7, 11) is 0. The van der Waals surface area contributed by atoms with E-state index < -0.39 is 5.82 Å². The topological polar surface area (TPSA) is 93.1 Å². The van der Waals surface area contributed by atoms with Crippen molar-refractivity contribution in [3.8, 4) is 28.9 Å². The molecule has 0 amide bonds. The molecule has 0 bridgehead atoms. The van der Waals surface area contributed by atoms with Crippen LogP contribution in [0.2, 0.25) is 0 Å². The molecule has 4 aliphatic heterocycles. The fourth-order valence-electron chi connectivity index (χ4n) is 8.16. The quantitative estimate of drug-likeness (QED) is 0.418. The monoisotopic (exact) mass is 605 g/mol. The fourth-order valence-corrected chi connectivity index (χ4v) is 8.16. The molecule has 1 aliphatic carbocycles. The Balaban J connectivity index is 1.29. The van der Waals surface area contributed by atoms with Crippen molar-refractivity contribution in [1.29, 1.82) is 0 Å². The number of aromatic hydroxyl groups is 1. The number of anilines is 1. The molecule has 44 heavy (non-hydrogen) atoms. The lowest BCUT2D eigenvalue weighted by molar-refractivity contribution is 0.108. The van der Waals surface area contributed by atoms with Crippen molar-refractivity contribution < 1.29 is 28.1 Å². The molecule has 0 saturated carbocycles. The standard InChI is InChI=1S/C33H37F2N5O4/c1-19-5-2-6-21-11-23(41)12-24(25(19)21)28-27(35)29-26-30(40-9-4-10-42-16-22(40)17-43-31(26)36-28)38-32(37-29)44-18-33-7-3-8-39(33)15-20(13-33)14-34/h11-12,14,19,22,41H,2-10,13,15-18H2,1H3/b20-14+/t19-,22+,33+/m1/s1. The predicted octanol–water partition coefficient (Wildman–Crippen LogP) is 5.43. The van der Waals surface area contributed by atoms with E-state index in [1.54, 1.807) is 12.1 Å². The zero-order valence-electron chi connectivity index (χ0n) is 25.0. The van der Waals surface area contributed by atoms with Gasteiger partial charge in [0.05, 0.1) is 24.5 Å². The first-order valence-electron chi connectivity index (χ1n) is 15.8. The number of hydrogen-bond donors (Lipinski definition) is 1. The van der Waals surface area contributed by atoms with Crippen molar-refractivity contribution in [2.24, 2.45) is 0 Å². The Labute approximate surface area is 254 Å². The summed E-state index contributed by atoms with van der Waals surface area (Å²) in [5.41, 5.74) is 3.21. The van der Waals surface area contributed by atoms with Gasteiger partial charge >= 0.3 is 6.01 Å². The van der Waals surface area contributed by atoms with E-state index in [9.17, 15) is 9.50 Å². The third-order valence-electron chi connectivity index (χ3n) is 10.2. The molecular weight excluding hydrogens is 568 g/mol. The molecule has 3 fully saturated rings. The number of ether oxygens (including phenoxy) is 3. The minimum absolute atomic E-state index is 0.0746. The Morgan fingerprint density at radius 3 is 2.95 bits per heavy atom. The number of fused-ring (bicyclic) bond motifs is 4. The van der Waals surface area contributed by atoms with Crippen molar-refractivity contribution in [3.63, 3.8) is 0 Å². The first-order chi connectivity index (χ1) is 21.4. The number of hydrogen-bond acceptors (Lipinski definition) is 9. The van der Waals surface area contributed by atoms with E-state index in [1.807, 2.05) is 0 Å². The van der Waals surface area contributed by atoms with Gasteiger partial charge in [-0.25, -0.2) is 13.8 Å². The van der Waals surface area contributed by atoms with Gasteiger partial charge in [0.15, 0.2) is 5.82 Å². The molecule has 232 valence electrons. The summed E-state index contributed by atoms with van der Waals surface area (Å²) >= 11 is 0. The lowest BCUT2D eigenvalue weighted by atomic mass is 9.80. The van der Waals surface area contributed by atoms with Crippen LogP contribution in [0.1, 0.15) is 62.5 Å². The van der Waals surface area contributed by atoms with Gasteiger partial charge in [-0.1, -0.05) is 6.92 Å². The Hall–Kier alpha value is -3.57. The maximum absolute atomic E-state index is 16.9. The highest BCUT2D eigenvalue weighted by atomic mass is 19.1. The Kier molecular flexibility index (Phi) is 6.86. The number of phenols is 1. The minimum Gasteiger partial charge on any atom is -0.508 e. The maximum Gasteiger partial charge on any atom is 0.319 e. The van der Waals surface area contributed by atoms with Gasteiger partial charge in [0.1, 0.15) is 41.4 Å². The van der Waals surface area contributed by atoms with E-state index in [2.05, 4.69) is 21.7 Å². The van der Waals surface area contributed by atoms with Crippen LogP contribution in [0.15, 0.2) is 24.0 Å². The second kappa shape index (κ2) is 10.8. The van der Waals surface area contributed by atoms with E-state index in [4.69, 9.17) is 24.2 Å². The lowest BCUT2D eigenvalue weighted by Crippen LogP contribution is -2.43. The second-order valence-electron chi connectivity index (χ2n) is 13.1. The second-order valence-corrected chi connectivity index (χ2v) is 13.1. The van der Waals surface area contributed by atoms with Crippen LogP contribution in [-0.2, 0) is 11.2 Å². The fraction of sp³-hybridized carbons (Fsp3) is 0.545. The number of rotatable bonds is 4. The molecule has 0 radical (unpaired) electrons. The minimum atomic E-state index is -0.597. The van der Waals surface area contributed by atoms with Gasteiger partial charge in [0.2, 0.25) is 5.88 Å². The largest absolute Gasteiger partial charge is 0.508 e. The Bertz CT molecular complexity index is 1670. The molecule has 3 aromatic rings. The van der Waals surface area contributed by atoms with E-state index >= 15 is 4.39 Å². The van der Waals surface area contributed by atoms with Gasteiger partial charge < -0.3 is 24.2 Å². The average molecular weight is 606 g/mol. The summed E-state index contributed by atoms with van der Waals surface area (Å²) in [6.07, 6.45) is 6.80. The lowest BCUT2D eigenvalue weighted by Gasteiger charge is -2.31. The van der Waals surface area contributed by atoms with Crippen molar-refractivity contribution in [3.05, 3.63) is 41.0 Å². The molecule has 0 spiro atoms. The molecule has 8 rings (SSSR count). The zero-order valence-corrected chi connectivity index (χ0v) is 25.0. The number of halogens is 2. The molecule has 11 heteroatoms. The van der Waals surface area contributed by atoms with Crippen molar-refractivity contribution in [2.75, 3.05) is 51.0 Å². The highest BCUT2D eigenvalue weighted by Gasteiger charge is 2.47. The molecule has 3 atom stereocenters. The summed E-state index contributed by atoms with van der Waals surface area (Å²) < 4.78 is 48.9. The molecule has 0 unspecified atom stereocenters. The molecule has 5 aliphatic rings. The number of aromatic nitrogens is 3. The molecule has 6 heterocycles. The molecule has 1 aromatic carbocycles. The molecule has 1 N–H and O–H groups in total. The van der Waals surface area contributed by atoms with Crippen LogP contribution in [0.4, 0.5) is 14.6 Å². The van der Waals surface area contributed by atoms with Gasteiger partial charge in [0.25, 0.3) is 0 Å². The van der Waals surface area contributed by atoms with Crippen LogP contribution >= 0.6 is 0 Å². The van der Waals surface area contributed by atoms with Gasteiger partial charge in [-0.2, -0.15) is 9.97 Å². The highest BCUT2D eigenvalue weighted by molar-refractivity contribution is 5.97. The van der Waals surface area contributed by atoms with Crippen LogP contribution < -0.4 is 14.4 Å². The SMILES string of the molecule is C[C@@H]1CCCc2cc(O)cc(-c3nc4c5c(nc(OC[C@@]67CCCN6C/C(=C/F)C7)nc5c3F)N3CCCOC[C@H]3CO4)c21. The number of pyridine rings is 1. The van der Waals surface area contributed by atoms with E-state index in [-0.39, 0.29) is 53.0 Å². The van der Waals surface area contributed by atoms with Crippen LogP contribution in [0.3, 0.4) is 0 Å². The van der Waals surface area contributed by atoms with E-state index in [0.717, 1.165) is 61.8 Å². The highest BCUT2D eigenvalue weighted by Crippen LogP contribution is 2.46. The number of phenolic OH excluding ortho intramolecular Hbond substituents is 1. The van der Waals surface area contributed by atoms with Gasteiger partial charge in [-0.05, 0) is 86.2 Å². The summed E-state index contributed by atoms with van der Waals surface area (Å²) in [5.74, 6) is 0.455. The summed E-state index contributed by atoms with van der Waals surface area (Å²) in [6, 6.07) is 3.32. The predicted molar refractivity (Wildman–Crippen MR) is 161 cm³/mol. The molecule has 3 saturated heterocycles. The van der Waals surface area contributed by atoms with E-state index in [0.29, 0.717) is 62.4 Å². The van der Waals surface area contributed by atoms with Crippen molar-refractivity contribution in [2.45, 2.75) is 69.4 Å². The zero-order chi connectivity index (χ0) is 30.0. The van der Waals surface area contributed by atoms with Crippen LogP contribution in [0.25, 0.3) is 22.2 Å². The maximum atomic E-state index is 16.9. The normalized spacial score (nSPS) is 27.4. The third-order valence-corrected chi connectivity index (χ3v) is 10.2. The summed E-state index contributed by atoms with van der Waals surface area (Å²) in [6.45, 7) is 5.91. The number of nitrogens with zero attached hydrogens (tertiary/aromatic N) is 5. The molecular formula is C33H37F2N5O4. The van der Waals surface area contributed by atoms with Crippen molar-refractivity contribution in [1.82, 2.24) is 19.9 Å². The summed E-state index contributed by atoms with van der Waals surface area (Å²) in [5, 5.41) is 11.1. The Morgan fingerprint density at radius 1 is 1.16 bits per heavy atom. The third kappa shape index (κ3) is 4.50. The number of aryl methyl sites for hydroxylation is 1. The summed E-state index contributed by atoms with van der Waals surface area (Å²) in [4.78, 5) is 18.7. The van der Waals surface area contributed by atoms with Crippen LogP contribution in [-0.4, -0.2) is 82.6 Å². The molecule has 9 nitrogen and oxygen atoms in total. The Morgan fingerprint density at radius 2 is 2.07 bits per heavy atom. The van der Waals surface area contributed by atoms with Crippen LogP contribution in [0, 0.1) is 5.82 Å². The first-order valence-corrected chi connectivity index (χ1v) is 15.8. The van der Waals surface area contributed by atoms with Crippen LogP contribution in [0.5, 0.6) is 17.6 Å². The molecule has 2 aromatic heterocycles. The van der Waals surface area contributed by atoms with Gasteiger partial charge in [-0.3, -0.25) is 4.90 Å².